The molecule has 0 amide bonds. The van der Waals surface area contributed by atoms with Crippen molar-refractivity contribution in [2.45, 2.75) is 30.7 Å². The number of hydrogen-bond donors (Lipinski definition) is 4. The lowest BCUT2D eigenvalue weighted by molar-refractivity contribution is 0.260. The Morgan fingerprint density at radius 1 is 1.26 bits per heavy atom. The molecule has 4 aromatic rings. The smallest absolute Gasteiger partial charge is 0.148 e. The quantitative estimate of drug-likeness (QED) is 0.226. The highest BCUT2D eigenvalue weighted by Gasteiger charge is 2.38. The average molecular weight is 559 g/mol. The van der Waals surface area contributed by atoms with Gasteiger partial charge in [-0.15, -0.1) is 16.9 Å². The third-order valence-corrected chi connectivity index (χ3v) is 8.18. The summed E-state index contributed by atoms with van der Waals surface area (Å²) in [4.78, 5) is 8.81. The molecule has 8 nitrogen and oxygen atoms in total. The van der Waals surface area contributed by atoms with E-state index < -0.39 is 5.44 Å². The minimum absolute atomic E-state index is 0.301. The number of pyridine rings is 1. The van der Waals surface area contributed by atoms with Crippen molar-refractivity contribution in [1.29, 1.82) is 5.26 Å². The molecule has 4 N–H and O–H groups in total. The van der Waals surface area contributed by atoms with Gasteiger partial charge in [-0.05, 0) is 42.7 Å². The molecule has 196 valence electrons. The Morgan fingerprint density at radius 3 is 2.79 bits per heavy atom. The van der Waals surface area contributed by atoms with Gasteiger partial charge < -0.3 is 16.1 Å². The lowest BCUT2D eigenvalue weighted by atomic mass is 9.69. The van der Waals surface area contributed by atoms with Crippen LogP contribution >= 0.6 is 22.9 Å². The zero-order valence-corrected chi connectivity index (χ0v) is 22.7. The number of fused-ring (bicyclic) bond motifs is 1. The highest BCUT2D eigenvalue weighted by atomic mass is 35.5. The van der Waals surface area contributed by atoms with Crippen LogP contribution in [0, 0.1) is 17.1 Å². The monoisotopic (exact) mass is 558 g/mol. The molecule has 1 saturated carbocycles. The molecule has 0 saturated heterocycles. The SMILES string of the molecule is BC(Nc1cc(Cl)c2ncc(C#N)c(NCCc3nccs3)c2c1)(C1=CN(C2CC2)NN1)c1ccc(F)cc1. The summed E-state index contributed by atoms with van der Waals surface area (Å²) in [5.74, 6) is -0.301. The summed E-state index contributed by atoms with van der Waals surface area (Å²) in [7, 11) is 2.03. The number of thiazole rings is 1. The van der Waals surface area contributed by atoms with Gasteiger partial charge in [-0.25, -0.2) is 9.37 Å². The van der Waals surface area contributed by atoms with Crippen LogP contribution in [-0.2, 0) is 11.9 Å². The van der Waals surface area contributed by atoms with Crippen molar-refractivity contribution >= 4 is 53.1 Å². The molecule has 1 atom stereocenters. The molecule has 1 unspecified atom stereocenters. The fourth-order valence-corrected chi connectivity index (χ4v) is 5.67. The lowest BCUT2D eigenvalue weighted by Crippen LogP contribution is -2.45. The number of anilines is 2. The van der Waals surface area contributed by atoms with Crippen LogP contribution in [0.5, 0.6) is 0 Å². The number of hydrogen-bond acceptors (Lipinski definition) is 9. The van der Waals surface area contributed by atoms with E-state index in [4.69, 9.17) is 11.6 Å². The van der Waals surface area contributed by atoms with Gasteiger partial charge >= 0.3 is 0 Å². The van der Waals surface area contributed by atoms with Gasteiger partial charge in [-0.1, -0.05) is 23.7 Å². The zero-order valence-electron chi connectivity index (χ0n) is 21.1. The first kappa shape index (κ1) is 25.4. The van der Waals surface area contributed by atoms with Crippen LogP contribution < -0.4 is 21.6 Å². The molecule has 1 fully saturated rings. The normalized spacial score (nSPS) is 16.3. The summed E-state index contributed by atoms with van der Waals surface area (Å²) in [5.41, 5.74) is 9.94. The highest BCUT2D eigenvalue weighted by molar-refractivity contribution is 7.09. The zero-order chi connectivity index (χ0) is 27.0. The molecule has 1 aliphatic carbocycles. The number of hydrazine groups is 2. The van der Waals surface area contributed by atoms with E-state index in [2.05, 4.69) is 48.8 Å². The topological polar surface area (TPSA) is 101 Å². The van der Waals surface area contributed by atoms with E-state index in [1.807, 2.05) is 25.4 Å². The first-order valence-corrected chi connectivity index (χ1v) is 13.9. The van der Waals surface area contributed by atoms with Gasteiger partial charge in [0, 0.05) is 54.1 Å². The fraction of sp³-hybridized carbons (Fsp3) is 0.222. The van der Waals surface area contributed by atoms with E-state index in [-0.39, 0.29) is 5.82 Å². The summed E-state index contributed by atoms with van der Waals surface area (Å²) >= 11 is 8.35. The van der Waals surface area contributed by atoms with Crippen molar-refractivity contribution in [2.24, 2.45) is 0 Å². The standard InChI is InChI=1S/C27H25BClFN8S/c28-27(17-1-3-18(30)4-2-17,23-15-38(37-36-23)20-5-6-20)35-19-11-21-25(33-8-7-24-32-9-10-39-24)16(13-31)14-34-26(21)22(29)12-19/h1-4,9-12,14-15,20,35-37H,5-8,28H2,(H,33,34). The Kier molecular flexibility index (Phi) is 6.77. The maximum Gasteiger partial charge on any atom is 0.148 e. The van der Waals surface area contributed by atoms with Crippen LogP contribution in [0.4, 0.5) is 15.8 Å². The van der Waals surface area contributed by atoms with Crippen LogP contribution in [0.15, 0.2) is 66.1 Å². The number of rotatable bonds is 9. The van der Waals surface area contributed by atoms with Gasteiger partial charge in [0.1, 0.15) is 19.7 Å². The minimum Gasteiger partial charge on any atom is -0.383 e. The molecule has 0 spiro atoms. The maximum absolute atomic E-state index is 13.9. The molecule has 2 aromatic carbocycles. The van der Waals surface area contributed by atoms with Crippen LogP contribution in [0.25, 0.3) is 10.9 Å². The van der Waals surface area contributed by atoms with Gasteiger partial charge in [-0.3, -0.25) is 9.99 Å². The van der Waals surface area contributed by atoms with Crippen LogP contribution in [0.1, 0.15) is 29.0 Å². The molecule has 2 aliphatic rings. The summed E-state index contributed by atoms with van der Waals surface area (Å²) in [6, 6.07) is 12.9. The Morgan fingerprint density at radius 2 is 2.08 bits per heavy atom. The van der Waals surface area contributed by atoms with Crippen molar-refractivity contribution in [3.8, 4) is 6.07 Å². The van der Waals surface area contributed by atoms with Crippen molar-refractivity contribution in [3.63, 3.8) is 0 Å². The Bertz CT molecular complexity index is 1590. The van der Waals surface area contributed by atoms with Gasteiger partial charge in [0.05, 0.1) is 37.9 Å². The Balaban J connectivity index is 1.39. The van der Waals surface area contributed by atoms with Gasteiger partial charge in [-0.2, -0.15) is 5.26 Å². The largest absolute Gasteiger partial charge is 0.383 e. The first-order valence-electron chi connectivity index (χ1n) is 12.7. The van der Waals surface area contributed by atoms with Crippen molar-refractivity contribution in [2.75, 3.05) is 17.2 Å². The molecule has 39 heavy (non-hydrogen) atoms. The highest BCUT2D eigenvalue weighted by Crippen LogP contribution is 2.38. The summed E-state index contributed by atoms with van der Waals surface area (Å²) in [5, 5.41) is 23.1. The molecule has 0 radical (unpaired) electrons. The predicted octanol–water partition coefficient (Wildman–Crippen LogP) is 4.24. The van der Waals surface area contributed by atoms with E-state index in [0.29, 0.717) is 34.4 Å². The van der Waals surface area contributed by atoms with E-state index in [1.165, 1.54) is 12.1 Å². The molecule has 2 aromatic heterocycles. The first-order chi connectivity index (χ1) is 18.9. The minimum atomic E-state index is -0.764. The Labute approximate surface area is 235 Å². The molecular weight excluding hydrogens is 534 g/mol. The van der Waals surface area contributed by atoms with Crippen molar-refractivity contribution < 1.29 is 4.39 Å². The van der Waals surface area contributed by atoms with E-state index in [9.17, 15) is 9.65 Å². The van der Waals surface area contributed by atoms with Crippen LogP contribution in [-0.4, -0.2) is 35.4 Å². The lowest BCUT2D eigenvalue weighted by Gasteiger charge is -2.34. The molecule has 0 bridgehead atoms. The van der Waals surface area contributed by atoms with E-state index >= 15 is 0 Å². The Hall–Kier alpha value is -3.85. The number of nitrogens with one attached hydrogen (secondary N) is 4. The molecule has 3 heterocycles. The third kappa shape index (κ3) is 5.11. The summed E-state index contributed by atoms with van der Waals surface area (Å²) in [6.07, 6.45) is 8.37. The van der Waals surface area contributed by atoms with Gasteiger partial charge in [0.15, 0.2) is 0 Å². The number of benzene rings is 2. The second-order valence-corrected chi connectivity index (χ2v) is 11.2. The van der Waals surface area contributed by atoms with Gasteiger partial charge in [0.25, 0.3) is 0 Å². The molecular formula is C27H25BClFN8S. The summed E-state index contributed by atoms with van der Waals surface area (Å²) in [6.45, 7) is 0.601. The molecule has 1 aliphatic heterocycles. The fourth-order valence-electron chi connectivity index (χ4n) is 4.78. The average Bonchev–Trinajstić information content (AvgIpc) is 3.41. The third-order valence-electron chi connectivity index (χ3n) is 7.05. The maximum atomic E-state index is 13.9. The predicted molar refractivity (Wildman–Crippen MR) is 155 cm³/mol. The summed E-state index contributed by atoms with van der Waals surface area (Å²) < 4.78 is 13.9. The second-order valence-electron chi connectivity index (χ2n) is 9.79. The van der Waals surface area contributed by atoms with E-state index in [1.54, 1.807) is 35.9 Å². The van der Waals surface area contributed by atoms with E-state index in [0.717, 1.165) is 46.6 Å². The van der Waals surface area contributed by atoms with Crippen molar-refractivity contribution in [3.05, 3.63) is 93.0 Å². The second kappa shape index (κ2) is 10.4. The number of nitriles is 1. The number of aromatic nitrogens is 2. The number of halogens is 2. The van der Waals surface area contributed by atoms with Crippen LogP contribution in [0.3, 0.4) is 0 Å². The number of nitrogens with zero attached hydrogens (tertiary/aromatic N) is 4. The van der Waals surface area contributed by atoms with Gasteiger partial charge in [0.2, 0.25) is 0 Å². The molecule has 6 rings (SSSR count). The van der Waals surface area contributed by atoms with Crippen LogP contribution in [0.2, 0.25) is 5.02 Å². The molecule has 12 heteroatoms. The van der Waals surface area contributed by atoms with Crippen molar-refractivity contribution in [1.82, 2.24) is 25.9 Å².